The number of hydrogen-bond acceptors (Lipinski definition) is 6. The minimum absolute atomic E-state index is 0.0228. The molecule has 5 rings (SSSR count). The number of carbonyl (C=O) groups is 1. The number of aliphatic hydroxyl groups is 1. The number of methoxy groups -OCH3 is 1. The van der Waals surface area contributed by atoms with Crippen molar-refractivity contribution in [1.82, 2.24) is 4.90 Å². The molecule has 1 N–H and O–H groups in total. The summed E-state index contributed by atoms with van der Waals surface area (Å²) in [6.45, 7) is 9.28. The van der Waals surface area contributed by atoms with Crippen LogP contribution in [0.1, 0.15) is 65.4 Å². The molecule has 1 aromatic rings. The number of esters is 1. The highest BCUT2D eigenvalue weighted by Crippen LogP contribution is 2.50. The lowest BCUT2D eigenvalue weighted by atomic mass is 9.73. The van der Waals surface area contributed by atoms with Gasteiger partial charge in [-0.25, -0.2) is 4.79 Å². The molecule has 0 bridgehead atoms. The zero-order valence-corrected chi connectivity index (χ0v) is 23.5. The van der Waals surface area contributed by atoms with E-state index in [-0.39, 0.29) is 36.0 Å². The van der Waals surface area contributed by atoms with Gasteiger partial charge >= 0.3 is 5.97 Å². The number of hydrogen-bond donors (Lipinski definition) is 1. The number of allylic oxidation sites excluding steroid dienone is 1. The highest BCUT2D eigenvalue weighted by Gasteiger charge is 2.51. The molecule has 2 saturated heterocycles. The number of fused-ring (bicyclic) bond motifs is 3. The molecule has 2 fully saturated rings. The summed E-state index contributed by atoms with van der Waals surface area (Å²) in [6.07, 6.45) is 7.66. The lowest BCUT2D eigenvalue weighted by Gasteiger charge is -2.49. The van der Waals surface area contributed by atoms with Crippen LogP contribution in [0.4, 0.5) is 0 Å². The number of rotatable bonds is 7. The molecule has 0 radical (unpaired) electrons. The van der Waals surface area contributed by atoms with Crippen LogP contribution in [-0.2, 0) is 25.4 Å². The van der Waals surface area contributed by atoms with Gasteiger partial charge in [0.25, 0.3) is 0 Å². The molecule has 4 aliphatic heterocycles. The monoisotopic (exact) mass is 521 g/mol. The smallest absolute Gasteiger partial charge is 0.343 e. The van der Waals surface area contributed by atoms with Gasteiger partial charge in [0.05, 0.1) is 18.8 Å². The molecule has 6 atom stereocenters. The number of piperidine rings is 1. The average Bonchev–Trinajstić information content (AvgIpc) is 3.29. The highest BCUT2D eigenvalue weighted by molar-refractivity contribution is 5.93. The maximum Gasteiger partial charge on any atom is 0.343 e. The minimum Gasteiger partial charge on any atom is -0.492 e. The van der Waals surface area contributed by atoms with Crippen molar-refractivity contribution in [2.45, 2.75) is 84.4 Å². The molecular formula is C32H43NO5. The van der Waals surface area contributed by atoms with Gasteiger partial charge in [-0.1, -0.05) is 51.1 Å². The van der Waals surface area contributed by atoms with Gasteiger partial charge in [0.2, 0.25) is 5.76 Å². The fourth-order valence-corrected chi connectivity index (χ4v) is 7.06. The summed E-state index contributed by atoms with van der Waals surface area (Å²) in [6, 6.07) is 11.1. The molecule has 4 aliphatic rings. The number of ether oxygens (including phenoxy) is 3. The lowest BCUT2D eigenvalue weighted by Crippen LogP contribution is -2.57. The standard InChI is InChI=1S/C32H43NO5/c1-19(2)13-14-26(34)24-17-23(16-22-10-7-6-8-11-22)18-25-28-20(3)30(37-27(28)12-9-15-33(24)25)31-29(36-5)21(4)32(35)38-31/h6-8,10-12,19-20,23-26,28,34H,9,13-18H2,1-5H3. The maximum absolute atomic E-state index is 12.4. The first kappa shape index (κ1) is 27.0. The van der Waals surface area contributed by atoms with Gasteiger partial charge in [0.1, 0.15) is 5.76 Å². The number of cyclic esters (lactones) is 1. The first-order valence-electron chi connectivity index (χ1n) is 14.4. The van der Waals surface area contributed by atoms with Crippen LogP contribution in [0.15, 0.2) is 65.0 Å². The van der Waals surface area contributed by atoms with Crippen molar-refractivity contribution in [2.24, 2.45) is 23.7 Å². The van der Waals surface area contributed by atoms with Crippen molar-refractivity contribution in [3.05, 3.63) is 70.6 Å². The van der Waals surface area contributed by atoms with Gasteiger partial charge in [-0.2, -0.15) is 0 Å². The molecule has 38 heavy (non-hydrogen) atoms. The Bertz CT molecular complexity index is 1120. The molecule has 6 heteroatoms. The molecule has 206 valence electrons. The predicted molar refractivity (Wildman–Crippen MR) is 146 cm³/mol. The van der Waals surface area contributed by atoms with Crippen molar-refractivity contribution < 1.29 is 24.1 Å². The van der Waals surface area contributed by atoms with E-state index in [0.717, 1.165) is 50.8 Å². The van der Waals surface area contributed by atoms with Crippen molar-refractivity contribution in [1.29, 1.82) is 0 Å². The second-order valence-electron chi connectivity index (χ2n) is 12.0. The summed E-state index contributed by atoms with van der Waals surface area (Å²) < 4.78 is 17.7. The van der Waals surface area contributed by atoms with Gasteiger partial charge in [-0.3, -0.25) is 4.90 Å². The third kappa shape index (κ3) is 5.17. The van der Waals surface area contributed by atoms with Crippen LogP contribution in [0.5, 0.6) is 0 Å². The van der Waals surface area contributed by atoms with Gasteiger partial charge in [-0.15, -0.1) is 0 Å². The first-order chi connectivity index (χ1) is 18.3. The molecular weight excluding hydrogens is 478 g/mol. The summed E-state index contributed by atoms with van der Waals surface area (Å²) >= 11 is 0. The van der Waals surface area contributed by atoms with Gasteiger partial charge in [0.15, 0.2) is 11.5 Å². The largest absolute Gasteiger partial charge is 0.492 e. The fraction of sp³-hybridized carbons (Fsp3) is 0.594. The van der Waals surface area contributed by atoms with Crippen LogP contribution in [0.3, 0.4) is 0 Å². The van der Waals surface area contributed by atoms with Crippen LogP contribution in [0, 0.1) is 23.7 Å². The van der Waals surface area contributed by atoms with E-state index in [1.165, 1.54) is 5.56 Å². The van der Waals surface area contributed by atoms with E-state index in [9.17, 15) is 9.90 Å². The normalized spacial score (nSPS) is 32.3. The second kappa shape index (κ2) is 11.3. The van der Waals surface area contributed by atoms with Crippen LogP contribution < -0.4 is 0 Å². The number of benzene rings is 1. The van der Waals surface area contributed by atoms with E-state index >= 15 is 0 Å². The Morgan fingerprint density at radius 2 is 1.89 bits per heavy atom. The molecule has 0 aliphatic carbocycles. The first-order valence-corrected chi connectivity index (χ1v) is 14.4. The van der Waals surface area contributed by atoms with Gasteiger partial charge < -0.3 is 19.3 Å². The van der Waals surface area contributed by atoms with Crippen LogP contribution in [-0.4, -0.2) is 47.8 Å². The van der Waals surface area contributed by atoms with E-state index in [1.807, 2.05) is 0 Å². The van der Waals surface area contributed by atoms with Crippen molar-refractivity contribution in [2.75, 3.05) is 13.7 Å². The Morgan fingerprint density at radius 3 is 2.61 bits per heavy atom. The molecule has 1 aromatic carbocycles. The van der Waals surface area contributed by atoms with Gasteiger partial charge in [0, 0.05) is 30.5 Å². The third-order valence-electron chi connectivity index (χ3n) is 8.98. The number of aliphatic hydroxyl groups excluding tert-OH is 1. The minimum atomic E-state index is -0.378. The maximum atomic E-state index is 12.4. The Hall–Kier alpha value is -2.57. The molecule has 6 unspecified atom stereocenters. The molecule has 4 heterocycles. The molecule has 0 spiro atoms. The second-order valence-corrected chi connectivity index (χ2v) is 12.0. The van der Waals surface area contributed by atoms with E-state index < -0.39 is 0 Å². The molecule has 0 aromatic heterocycles. The number of carbonyl (C=O) groups excluding carboxylic acids is 1. The average molecular weight is 522 g/mol. The van der Waals surface area contributed by atoms with E-state index in [2.05, 4.69) is 62.1 Å². The van der Waals surface area contributed by atoms with Crippen LogP contribution >= 0.6 is 0 Å². The summed E-state index contributed by atoms with van der Waals surface area (Å²) in [7, 11) is 1.57. The topological polar surface area (TPSA) is 68.2 Å². The summed E-state index contributed by atoms with van der Waals surface area (Å²) in [5.74, 6) is 3.38. The highest BCUT2D eigenvalue weighted by atomic mass is 16.6. The number of nitrogens with zero attached hydrogens (tertiary/aromatic N) is 1. The van der Waals surface area contributed by atoms with E-state index in [1.54, 1.807) is 14.0 Å². The zero-order valence-electron chi connectivity index (χ0n) is 23.5. The Balaban J connectivity index is 1.48. The SMILES string of the molecule is COC1=C(C)C(=O)OC1=C1OC2=CCCN3C(C(O)CCC(C)C)CC(Cc4ccccc4)CC3C2C1C. The van der Waals surface area contributed by atoms with Crippen molar-refractivity contribution in [3.8, 4) is 0 Å². The van der Waals surface area contributed by atoms with Gasteiger partial charge in [-0.05, 0) is 68.9 Å². The summed E-state index contributed by atoms with van der Waals surface area (Å²) in [4.78, 5) is 14.9. The fourth-order valence-electron chi connectivity index (χ4n) is 7.06. The third-order valence-corrected chi connectivity index (χ3v) is 8.98. The molecule has 6 nitrogen and oxygen atoms in total. The summed E-state index contributed by atoms with van der Waals surface area (Å²) in [5.41, 5.74) is 1.83. The Labute approximate surface area is 227 Å². The quantitative estimate of drug-likeness (QED) is 0.462. The summed E-state index contributed by atoms with van der Waals surface area (Å²) in [5, 5.41) is 11.5. The lowest BCUT2D eigenvalue weighted by molar-refractivity contribution is -0.133. The van der Waals surface area contributed by atoms with Crippen LogP contribution in [0.25, 0.3) is 0 Å². The Morgan fingerprint density at radius 1 is 1.13 bits per heavy atom. The predicted octanol–water partition coefficient (Wildman–Crippen LogP) is 5.73. The molecule has 0 saturated carbocycles. The molecule has 0 amide bonds. The zero-order chi connectivity index (χ0) is 27.0. The van der Waals surface area contributed by atoms with E-state index in [0.29, 0.717) is 34.7 Å². The van der Waals surface area contributed by atoms with E-state index in [4.69, 9.17) is 14.2 Å². The van der Waals surface area contributed by atoms with Crippen molar-refractivity contribution >= 4 is 5.97 Å². The van der Waals surface area contributed by atoms with Crippen molar-refractivity contribution in [3.63, 3.8) is 0 Å². The van der Waals surface area contributed by atoms with Crippen LogP contribution in [0.2, 0.25) is 0 Å². The Kier molecular flexibility index (Phi) is 8.01.